The van der Waals surface area contributed by atoms with Crippen LogP contribution in [-0.4, -0.2) is 15.8 Å². The lowest BCUT2D eigenvalue weighted by Crippen LogP contribution is -2.07. The number of ketones is 1. The van der Waals surface area contributed by atoms with Gasteiger partial charge in [0.2, 0.25) is 0 Å². The van der Waals surface area contributed by atoms with Crippen LogP contribution in [0.2, 0.25) is 0 Å². The van der Waals surface area contributed by atoms with Crippen LogP contribution in [0.15, 0.2) is 54.7 Å². The van der Waals surface area contributed by atoms with Crippen molar-refractivity contribution in [2.45, 2.75) is 13.3 Å². The number of hydrogen-bond donors (Lipinski definition) is 0. The maximum atomic E-state index is 12.3. The Kier molecular flexibility index (Phi) is 3.25. The fourth-order valence-corrected chi connectivity index (χ4v) is 2.27. The summed E-state index contributed by atoms with van der Waals surface area (Å²) in [6.45, 7) is 1.89. The van der Waals surface area contributed by atoms with Gasteiger partial charge in [-0.05, 0) is 36.8 Å². The molecule has 0 aliphatic rings. The summed E-state index contributed by atoms with van der Waals surface area (Å²) in [6, 6.07) is 15.3. The maximum absolute atomic E-state index is 12.3. The van der Waals surface area contributed by atoms with E-state index in [2.05, 4.69) is 9.97 Å². The molecular formula is C17H14N2O. The molecule has 2 aromatic heterocycles. The number of nitrogens with zero attached hydrogens (tertiary/aromatic N) is 2. The molecule has 0 atom stereocenters. The third-order valence-electron chi connectivity index (χ3n) is 3.26. The Morgan fingerprint density at radius 2 is 1.90 bits per heavy atom. The molecule has 0 unspecified atom stereocenters. The predicted molar refractivity (Wildman–Crippen MR) is 78.8 cm³/mol. The first-order valence-electron chi connectivity index (χ1n) is 6.53. The van der Waals surface area contributed by atoms with Gasteiger partial charge < -0.3 is 0 Å². The number of benzene rings is 1. The Morgan fingerprint density at radius 3 is 2.75 bits per heavy atom. The maximum Gasteiger partial charge on any atom is 0.185 e. The molecule has 3 rings (SSSR count). The van der Waals surface area contributed by atoms with E-state index < -0.39 is 0 Å². The van der Waals surface area contributed by atoms with Crippen molar-refractivity contribution in [1.29, 1.82) is 0 Å². The molecule has 0 bridgehead atoms. The third-order valence-corrected chi connectivity index (χ3v) is 3.26. The van der Waals surface area contributed by atoms with E-state index in [0.29, 0.717) is 12.1 Å². The lowest BCUT2D eigenvalue weighted by molar-refractivity contribution is 0.0988. The van der Waals surface area contributed by atoms with Crippen LogP contribution in [0.25, 0.3) is 10.9 Å². The van der Waals surface area contributed by atoms with Gasteiger partial charge in [0.15, 0.2) is 5.78 Å². The van der Waals surface area contributed by atoms with E-state index in [1.807, 2.05) is 49.4 Å². The second-order valence-corrected chi connectivity index (χ2v) is 4.75. The molecule has 3 nitrogen and oxygen atoms in total. The normalized spacial score (nSPS) is 10.7. The summed E-state index contributed by atoms with van der Waals surface area (Å²) in [5, 5.41) is 1.02. The van der Waals surface area contributed by atoms with E-state index in [4.69, 9.17) is 0 Å². The number of pyridine rings is 2. The minimum absolute atomic E-state index is 0.0325. The van der Waals surface area contributed by atoms with Gasteiger partial charge in [-0.15, -0.1) is 0 Å². The van der Waals surface area contributed by atoms with Crippen LogP contribution < -0.4 is 0 Å². The van der Waals surface area contributed by atoms with Gasteiger partial charge in [-0.25, -0.2) is 0 Å². The van der Waals surface area contributed by atoms with Crippen molar-refractivity contribution in [1.82, 2.24) is 9.97 Å². The number of fused-ring (bicyclic) bond motifs is 1. The summed E-state index contributed by atoms with van der Waals surface area (Å²) in [5.41, 5.74) is 3.28. The Bertz CT molecular complexity index is 775. The molecule has 0 amide bonds. The van der Waals surface area contributed by atoms with Gasteiger partial charge in [0.25, 0.3) is 0 Å². The Hall–Kier alpha value is -2.55. The average Bonchev–Trinajstić information content (AvgIpc) is 2.47. The largest absolute Gasteiger partial charge is 0.292 e. The summed E-state index contributed by atoms with van der Waals surface area (Å²) >= 11 is 0. The topological polar surface area (TPSA) is 42.9 Å². The molecule has 1 aromatic carbocycles. The zero-order valence-electron chi connectivity index (χ0n) is 11.2. The van der Waals surface area contributed by atoms with E-state index in [1.165, 1.54) is 0 Å². The van der Waals surface area contributed by atoms with Gasteiger partial charge >= 0.3 is 0 Å². The summed E-state index contributed by atoms with van der Waals surface area (Å²) in [7, 11) is 0. The van der Waals surface area contributed by atoms with Crippen molar-refractivity contribution >= 4 is 16.7 Å². The molecule has 0 radical (unpaired) electrons. The van der Waals surface area contributed by atoms with Crippen LogP contribution in [-0.2, 0) is 6.42 Å². The zero-order valence-corrected chi connectivity index (χ0v) is 11.2. The van der Waals surface area contributed by atoms with Gasteiger partial charge in [-0.3, -0.25) is 14.8 Å². The van der Waals surface area contributed by atoms with Crippen LogP contribution in [0.3, 0.4) is 0 Å². The molecule has 0 aliphatic heterocycles. The van der Waals surface area contributed by atoms with Crippen LogP contribution >= 0.6 is 0 Å². The van der Waals surface area contributed by atoms with Crippen molar-refractivity contribution in [3.05, 3.63) is 71.7 Å². The van der Waals surface area contributed by atoms with Gasteiger partial charge in [-0.1, -0.05) is 24.3 Å². The van der Waals surface area contributed by atoms with Crippen molar-refractivity contribution in [3.8, 4) is 0 Å². The van der Waals surface area contributed by atoms with E-state index in [9.17, 15) is 4.79 Å². The summed E-state index contributed by atoms with van der Waals surface area (Å²) in [6.07, 6.45) is 2.09. The van der Waals surface area contributed by atoms with Crippen molar-refractivity contribution in [2.75, 3.05) is 0 Å². The highest BCUT2D eigenvalue weighted by Gasteiger charge is 2.11. The van der Waals surface area contributed by atoms with Crippen LogP contribution in [0.4, 0.5) is 0 Å². The number of aryl methyl sites for hydroxylation is 1. The van der Waals surface area contributed by atoms with Crippen molar-refractivity contribution < 1.29 is 4.79 Å². The van der Waals surface area contributed by atoms with Gasteiger partial charge in [0, 0.05) is 23.7 Å². The van der Waals surface area contributed by atoms with Crippen LogP contribution in [0, 0.1) is 6.92 Å². The second-order valence-electron chi connectivity index (χ2n) is 4.75. The zero-order chi connectivity index (χ0) is 13.9. The quantitative estimate of drug-likeness (QED) is 0.680. The second kappa shape index (κ2) is 5.21. The minimum Gasteiger partial charge on any atom is -0.292 e. The summed E-state index contributed by atoms with van der Waals surface area (Å²) in [4.78, 5) is 20.9. The lowest BCUT2D eigenvalue weighted by Gasteiger charge is -2.05. The number of carbonyl (C=O) groups excluding carboxylic acids is 1. The number of Topliss-reactive ketones (excluding diaryl/α,β-unsaturated/α-hetero) is 1. The van der Waals surface area contributed by atoms with Crippen LogP contribution in [0.1, 0.15) is 21.7 Å². The fourth-order valence-electron chi connectivity index (χ4n) is 2.27. The molecular weight excluding hydrogens is 248 g/mol. The molecule has 0 N–H and O–H groups in total. The molecule has 0 fully saturated rings. The highest BCUT2D eigenvalue weighted by atomic mass is 16.1. The lowest BCUT2D eigenvalue weighted by atomic mass is 10.0. The molecule has 0 spiro atoms. The van der Waals surface area contributed by atoms with Gasteiger partial charge in [-0.2, -0.15) is 0 Å². The summed E-state index contributed by atoms with van der Waals surface area (Å²) in [5.74, 6) is 0.0325. The Labute approximate surface area is 117 Å². The predicted octanol–water partition coefficient (Wildman–Crippen LogP) is 3.36. The molecule has 20 heavy (non-hydrogen) atoms. The van der Waals surface area contributed by atoms with Crippen molar-refractivity contribution in [3.63, 3.8) is 0 Å². The number of aromatic nitrogens is 2. The van der Waals surface area contributed by atoms with Crippen molar-refractivity contribution in [2.24, 2.45) is 0 Å². The number of hydrogen-bond acceptors (Lipinski definition) is 3. The summed E-state index contributed by atoms with van der Waals surface area (Å²) < 4.78 is 0. The molecule has 3 heteroatoms. The van der Waals surface area contributed by atoms with E-state index >= 15 is 0 Å². The van der Waals surface area contributed by atoms with E-state index in [-0.39, 0.29) is 5.78 Å². The highest BCUT2D eigenvalue weighted by molar-refractivity contribution is 5.98. The fraction of sp³-hybridized carbons (Fsp3) is 0.118. The molecule has 3 aromatic rings. The van der Waals surface area contributed by atoms with Gasteiger partial charge in [0.1, 0.15) is 5.69 Å². The number of rotatable bonds is 3. The third kappa shape index (κ3) is 2.43. The highest BCUT2D eigenvalue weighted by Crippen LogP contribution is 2.17. The number of para-hydroxylation sites is 1. The smallest absolute Gasteiger partial charge is 0.185 e. The SMILES string of the molecule is Cc1cccc(C(=O)Cc2ccnc3ccccc23)n1. The molecule has 2 heterocycles. The molecule has 98 valence electrons. The van der Waals surface area contributed by atoms with Gasteiger partial charge in [0.05, 0.1) is 5.52 Å². The average molecular weight is 262 g/mol. The van der Waals surface area contributed by atoms with E-state index in [0.717, 1.165) is 22.2 Å². The standard InChI is InChI=1S/C17H14N2O/c1-12-5-4-8-16(19-12)17(20)11-13-9-10-18-15-7-3-2-6-14(13)15/h2-10H,11H2,1H3. The number of carbonyl (C=O) groups is 1. The molecule has 0 aliphatic carbocycles. The van der Waals surface area contributed by atoms with Crippen LogP contribution in [0.5, 0.6) is 0 Å². The monoisotopic (exact) mass is 262 g/mol. The van der Waals surface area contributed by atoms with E-state index in [1.54, 1.807) is 12.3 Å². The first-order valence-corrected chi connectivity index (χ1v) is 6.53. The Morgan fingerprint density at radius 1 is 1.05 bits per heavy atom. The molecule has 0 saturated heterocycles. The first kappa shape index (κ1) is 12.5. The molecule has 0 saturated carbocycles. The minimum atomic E-state index is 0.0325. The Balaban J connectivity index is 1.95. The first-order chi connectivity index (χ1) is 9.74.